The van der Waals surface area contributed by atoms with Gasteiger partial charge in [-0.2, -0.15) is 0 Å². The Morgan fingerprint density at radius 1 is 1.33 bits per heavy atom. The highest BCUT2D eigenvalue weighted by Crippen LogP contribution is 2.21. The smallest absolute Gasteiger partial charge is 0.204 e. The lowest BCUT2D eigenvalue weighted by molar-refractivity contribution is 0.517. The largest absolute Gasteiger partial charge is 0.355 e. The number of aryl methyl sites for hydroxylation is 1. The second-order valence-electron chi connectivity index (χ2n) is 4.91. The molecule has 0 bridgehead atoms. The summed E-state index contributed by atoms with van der Waals surface area (Å²) in [4.78, 5) is 0. The number of aromatic nitrogens is 2. The summed E-state index contributed by atoms with van der Waals surface area (Å²) in [5.74, 6) is 0. The minimum absolute atomic E-state index is 0.00328. The zero-order chi connectivity index (χ0) is 13.0. The summed E-state index contributed by atoms with van der Waals surface area (Å²) in [6, 6.07) is 10.5. The molecule has 18 heavy (non-hydrogen) atoms. The zero-order valence-corrected chi connectivity index (χ0v) is 12.2. The first-order valence-electron chi connectivity index (χ1n) is 5.93. The van der Waals surface area contributed by atoms with Crippen LogP contribution in [0.2, 0.25) is 0 Å². The van der Waals surface area contributed by atoms with E-state index in [-0.39, 0.29) is 5.54 Å². The van der Waals surface area contributed by atoms with Gasteiger partial charge in [0.05, 0.1) is 0 Å². The molecule has 0 radical (unpaired) electrons. The lowest BCUT2D eigenvalue weighted by Gasteiger charge is -2.25. The van der Waals surface area contributed by atoms with Crippen LogP contribution in [0.1, 0.15) is 25.8 Å². The van der Waals surface area contributed by atoms with E-state index in [2.05, 4.69) is 53.6 Å². The van der Waals surface area contributed by atoms with E-state index >= 15 is 0 Å². The van der Waals surface area contributed by atoms with Crippen LogP contribution in [-0.4, -0.2) is 15.7 Å². The monoisotopic (exact) mass is 279 g/mol. The van der Waals surface area contributed by atoms with Gasteiger partial charge in [0.1, 0.15) is 0 Å². The number of nitrogens with one attached hydrogen (secondary N) is 2. The van der Waals surface area contributed by atoms with Crippen LogP contribution in [0.15, 0.2) is 30.3 Å². The molecule has 0 saturated heterocycles. The minimum Gasteiger partial charge on any atom is -0.355 e. The Kier molecular flexibility index (Phi) is 4.14. The fraction of sp³-hybridized carbons (Fsp3) is 0.385. The van der Waals surface area contributed by atoms with Crippen molar-refractivity contribution in [1.29, 1.82) is 0 Å². The first-order valence-corrected chi connectivity index (χ1v) is 7.15. The Bertz CT molecular complexity index is 543. The van der Waals surface area contributed by atoms with Crippen LogP contribution in [0.5, 0.6) is 0 Å². The number of hydrogen-bond donors (Lipinski definition) is 2. The van der Waals surface area contributed by atoms with Gasteiger partial charge in [-0.05, 0) is 44.5 Å². The van der Waals surface area contributed by atoms with Crippen molar-refractivity contribution in [2.45, 2.75) is 32.2 Å². The molecular formula is C13H17N3S2. The summed E-state index contributed by atoms with van der Waals surface area (Å²) in [5.41, 5.74) is 1.37. The molecule has 0 unspecified atom stereocenters. The van der Waals surface area contributed by atoms with Gasteiger partial charge in [-0.3, -0.25) is 5.10 Å². The molecule has 2 aromatic rings. The van der Waals surface area contributed by atoms with Crippen molar-refractivity contribution in [1.82, 2.24) is 10.2 Å². The first-order chi connectivity index (χ1) is 8.55. The highest BCUT2D eigenvalue weighted by Gasteiger charge is 2.18. The lowest BCUT2D eigenvalue weighted by atomic mass is 9.95. The third-order valence-corrected chi connectivity index (χ3v) is 3.77. The van der Waals surface area contributed by atoms with E-state index in [4.69, 9.17) is 12.2 Å². The zero-order valence-electron chi connectivity index (χ0n) is 10.6. The quantitative estimate of drug-likeness (QED) is 0.812. The van der Waals surface area contributed by atoms with Crippen molar-refractivity contribution in [3.8, 4) is 0 Å². The standard InChI is InChI=1S/C13H17N3S2/c1-13(2,14-11-15-16-12(17)18-11)9-8-10-6-4-3-5-7-10/h3-7H,8-9H2,1-2H3,(H,14,15)(H,16,17). The van der Waals surface area contributed by atoms with Crippen molar-refractivity contribution >= 4 is 28.7 Å². The third-order valence-electron chi connectivity index (χ3n) is 2.76. The maximum atomic E-state index is 5.02. The van der Waals surface area contributed by atoms with Gasteiger partial charge >= 0.3 is 0 Å². The van der Waals surface area contributed by atoms with Gasteiger partial charge in [-0.15, -0.1) is 5.10 Å². The summed E-state index contributed by atoms with van der Waals surface area (Å²) in [6.07, 6.45) is 2.10. The van der Waals surface area contributed by atoms with Crippen LogP contribution in [0.4, 0.5) is 5.13 Å². The van der Waals surface area contributed by atoms with Gasteiger partial charge in [0.25, 0.3) is 0 Å². The molecule has 0 amide bonds. The van der Waals surface area contributed by atoms with E-state index in [0.29, 0.717) is 3.95 Å². The Morgan fingerprint density at radius 2 is 2.06 bits per heavy atom. The first kappa shape index (κ1) is 13.2. The molecule has 2 N–H and O–H groups in total. The number of hydrogen-bond acceptors (Lipinski definition) is 4. The molecule has 0 aliphatic heterocycles. The second-order valence-corrected chi connectivity index (χ2v) is 6.58. The van der Waals surface area contributed by atoms with Gasteiger partial charge in [-0.1, -0.05) is 41.7 Å². The highest BCUT2D eigenvalue weighted by atomic mass is 32.1. The van der Waals surface area contributed by atoms with E-state index in [1.807, 2.05) is 6.07 Å². The molecule has 0 fully saturated rings. The molecule has 96 valence electrons. The summed E-state index contributed by atoms with van der Waals surface area (Å²) in [6.45, 7) is 4.36. The second kappa shape index (κ2) is 5.63. The van der Waals surface area contributed by atoms with Crippen LogP contribution in [0, 0.1) is 3.95 Å². The average molecular weight is 279 g/mol. The van der Waals surface area contributed by atoms with E-state index in [1.165, 1.54) is 16.9 Å². The summed E-state index contributed by atoms with van der Waals surface area (Å²) in [7, 11) is 0. The van der Waals surface area contributed by atoms with Gasteiger partial charge < -0.3 is 5.32 Å². The molecule has 0 atom stereocenters. The normalized spacial score (nSPS) is 11.4. The van der Waals surface area contributed by atoms with Crippen molar-refractivity contribution < 1.29 is 0 Å². The van der Waals surface area contributed by atoms with Gasteiger partial charge in [-0.25, -0.2) is 0 Å². The Balaban J connectivity index is 1.93. The topological polar surface area (TPSA) is 40.7 Å². The van der Waals surface area contributed by atoms with Crippen molar-refractivity contribution in [3.05, 3.63) is 39.8 Å². The third kappa shape index (κ3) is 3.92. The number of aromatic amines is 1. The van der Waals surface area contributed by atoms with Gasteiger partial charge in [0, 0.05) is 5.54 Å². The van der Waals surface area contributed by atoms with E-state index in [0.717, 1.165) is 18.0 Å². The van der Waals surface area contributed by atoms with Crippen LogP contribution < -0.4 is 5.32 Å². The fourth-order valence-corrected chi connectivity index (χ4v) is 2.70. The molecule has 3 nitrogen and oxygen atoms in total. The van der Waals surface area contributed by atoms with Crippen LogP contribution in [-0.2, 0) is 6.42 Å². The predicted molar refractivity (Wildman–Crippen MR) is 79.8 cm³/mol. The molecular weight excluding hydrogens is 262 g/mol. The summed E-state index contributed by atoms with van der Waals surface area (Å²) in [5, 5.41) is 11.2. The molecule has 2 rings (SSSR count). The van der Waals surface area contributed by atoms with Crippen molar-refractivity contribution in [3.63, 3.8) is 0 Å². The van der Waals surface area contributed by atoms with Crippen LogP contribution >= 0.6 is 23.6 Å². The minimum atomic E-state index is 0.00328. The number of anilines is 1. The summed E-state index contributed by atoms with van der Waals surface area (Å²) >= 11 is 6.50. The fourth-order valence-electron chi connectivity index (χ4n) is 1.74. The molecule has 1 aromatic heterocycles. The average Bonchev–Trinajstić information content (AvgIpc) is 2.73. The molecule has 0 saturated carbocycles. The van der Waals surface area contributed by atoms with Crippen LogP contribution in [0.25, 0.3) is 0 Å². The Hall–Kier alpha value is -1.20. The molecule has 5 heteroatoms. The number of benzene rings is 1. The van der Waals surface area contributed by atoms with E-state index in [1.54, 1.807) is 0 Å². The van der Waals surface area contributed by atoms with Gasteiger partial charge in [0.2, 0.25) is 5.13 Å². The molecule has 0 aliphatic carbocycles. The maximum Gasteiger partial charge on any atom is 0.204 e. The van der Waals surface area contributed by atoms with Crippen LogP contribution in [0.3, 0.4) is 0 Å². The van der Waals surface area contributed by atoms with Crippen molar-refractivity contribution in [2.24, 2.45) is 0 Å². The number of H-pyrrole nitrogens is 1. The molecule has 1 aromatic carbocycles. The van der Waals surface area contributed by atoms with Gasteiger partial charge in [0.15, 0.2) is 3.95 Å². The SMILES string of the molecule is CC(C)(CCc1ccccc1)Nc1n[nH]c(=S)s1. The highest BCUT2D eigenvalue weighted by molar-refractivity contribution is 7.73. The molecule has 0 spiro atoms. The number of nitrogens with zero attached hydrogens (tertiary/aromatic N) is 1. The summed E-state index contributed by atoms with van der Waals surface area (Å²) < 4.78 is 0.705. The predicted octanol–water partition coefficient (Wildman–Crippen LogP) is 4.02. The lowest BCUT2D eigenvalue weighted by Crippen LogP contribution is -2.31. The van der Waals surface area contributed by atoms with E-state index in [9.17, 15) is 0 Å². The van der Waals surface area contributed by atoms with Crippen molar-refractivity contribution in [2.75, 3.05) is 5.32 Å². The van der Waals surface area contributed by atoms with E-state index < -0.39 is 0 Å². The Morgan fingerprint density at radius 3 is 2.67 bits per heavy atom. The Labute approximate surface area is 116 Å². The molecule has 0 aliphatic rings. The molecule has 1 heterocycles. The maximum absolute atomic E-state index is 5.02. The number of rotatable bonds is 5.